The number of aromatic nitrogens is 1. The Morgan fingerprint density at radius 1 is 1.14 bits per heavy atom. The first-order valence-corrected chi connectivity index (χ1v) is 12.0. The van der Waals surface area contributed by atoms with Crippen molar-refractivity contribution < 1.29 is 27.5 Å². The van der Waals surface area contributed by atoms with Gasteiger partial charge in [-0.25, -0.2) is 0 Å². The van der Waals surface area contributed by atoms with Crippen molar-refractivity contribution >= 4 is 22.6 Å². The predicted molar refractivity (Wildman–Crippen MR) is 133 cm³/mol. The van der Waals surface area contributed by atoms with Crippen LogP contribution >= 0.6 is 0 Å². The highest BCUT2D eigenvalue weighted by Crippen LogP contribution is 2.37. The van der Waals surface area contributed by atoms with Crippen molar-refractivity contribution in [1.82, 2.24) is 10.3 Å². The SMILES string of the molecule is CC(C)C[C@H](N)C(=O)OCC1C[C@H](c2ccc3cc(-c4ccccc4C(F)(F)F)[nH]c(=O)c3c2)C(=O)N1. The van der Waals surface area contributed by atoms with Gasteiger partial charge in [0.1, 0.15) is 12.6 Å². The van der Waals surface area contributed by atoms with Crippen molar-refractivity contribution in [3.8, 4) is 11.3 Å². The second-order valence-electron chi connectivity index (χ2n) is 9.76. The van der Waals surface area contributed by atoms with Gasteiger partial charge in [-0.15, -0.1) is 0 Å². The number of esters is 1. The lowest BCUT2D eigenvalue weighted by Crippen LogP contribution is -2.37. The van der Waals surface area contributed by atoms with E-state index in [1.807, 2.05) is 13.8 Å². The average molecular weight is 516 g/mol. The van der Waals surface area contributed by atoms with Gasteiger partial charge in [-0.2, -0.15) is 13.2 Å². The Morgan fingerprint density at radius 2 is 1.86 bits per heavy atom. The molecule has 10 heteroatoms. The molecule has 1 aromatic heterocycles. The van der Waals surface area contributed by atoms with Gasteiger partial charge in [-0.05, 0) is 47.9 Å². The van der Waals surface area contributed by atoms with Gasteiger partial charge in [0, 0.05) is 16.6 Å². The third kappa shape index (κ3) is 5.85. The molecule has 1 fully saturated rings. The minimum Gasteiger partial charge on any atom is -0.462 e. The summed E-state index contributed by atoms with van der Waals surface area (Å²) in [6.07, 6.45) is -3.73. The number of fused-ring (bicyclic) bond motifs is 1. The number of aromatic amines is 1. The summed E-state index contributed by atoms with van der Waals surface area (Å²) in [6, 6.07) is 10.3. The van der Waals surface area contributed by atoms with Crippen molar-refractivity contribution in [2.75, 3.05) is 6.61 Å². The van der Waals surface area contributed by atoms with Crippen LogP contribution in [0.3, 0.4) is 0 Å². The van der Waals surface area contributed by atoms with E-state index in [-0.39, 0.29) is 35.1 Å². The van der Waals surface area contributed by atoms with Crippen molar-refractivity contribution in [1.29, 1.82) is 0 Å². The van der Waals surface area contributed by atoms with Gasteiger partial charge < -0.3 is 20.8 Å². The van der Waals surface area contributed by atoms with Crippen LogP contribution in [0.2, 0.25) is 0 Å². The first-order valence-electron chi connectivity index (χ1n) is 12.0. The molecule has 0 bridgehead atoms. The zero-order valence-corrected chi connectivity index (χ0v) is 20.4. The van der Waals surface area contributed by atoms with E-state index in [1.165, 1.54) is 24.3 Å². The molecule has 196 valence electrons. The van der Waals surface area contributed by atoms with Gasteiger partial charge in [0.15, 0.2) is 0 Å². The first-order chi connectivity index (χ1) is 17.4. The Balaban J connectivity index is 1.53. The first kappa shape index (κ1) is 26.4. The number of nitrogens with one attached hydrogen (secondary N) is 2. The van der Waals surface area contributed by atoms with Crippen LogP contribution in [0.15, 0.2) is 53.3 Å². The molecule has 0 radical (unpaired) electrons. The summed E-state index contributed by atoms with van der Waals surface area (Å²) in [7, 11) is 0. The molecule has 1 aliphatic heterocycles. The lowest BCUT2D eigenvalue weighted by atomic mass is 9.93. The summed E-state index contributed by atoms with van der Waals surface area (Å²) in [6.45, 7) is 3.89. The molecule has 2 aromatic carbocycles. The van der Waals surface area contributed by atoms with E-state index in [2.05, 4.69) is 10.3 Å². The van der Waals surface area contributed by atoms with E-state index in [0.29, 0.717) is 23.8 Å². The molecule has 3 atom stereocenters. The maximum absolute atomic E-state index is 13.5. The highest BCUT2D eigenvalue weighted by molar-refractivity contribution is 5.90. The van der Waals surface area contributed by atoms with Crippen LogP contribution in [0.4, 0.5) is 13.2 Å². The Morgan fingerprint density at radius 3 is 2.57 bits per heavy atom. The number of alkyl halides is 3. The Bertz CT molecular complexity index is 1380. The van der Waals surface area contributed by atoms with Crippen LogP contribution in [0.25, 0.3) is 22.0 Å². The Kier molecular flexibility index (Phi) is 7.40. The fraction of sp³-hybridized carbons (Fsp3) is 0.370. The largest absolute Gasteiger partial charge is 0.462 e. The number of hydrogen-bond donors (Lipinski definition) is 3. The maximum atomic E-state index is 13.5. The quantitative estimate of drug-likeness (QED) is 0.410. The van der Waals surface area contributed by atoms with Crippen LogP contribution in [-0.2, 0) is 20.5 Å². The van der Waals surface area contributed by atoms with Crippen LogP contribution in [0.5, 0.6) is 0 Å². The minimum absolute atomic E-state index is 0.0109. The number of carbonyl (C=O) groups excluding carboxylic acids is 2. The number of H-pyrrole nitrogens is 1. The molecule has 0 saturated carbocycles. The Hall–Kier alpha value is -3.66. The van der Waals surface area contributed by atoms with Gasteiger partial charge >= 0.3 is 12.1 Å². The molecule has 0 spiro atoms. The molecule has 4 rings (SSSR count). The number of nitrogens with two attached hydrogens (primary N) is 1. The summed E-state index contributed by atoms with van der Waals surface area (Å²) in [5, 5.41) is 3.51. The standard InChI is InChI=1S/C27H28F3N3O4/c1-14(2)9-22(31)26(36)37-13-17-12-20(24(34)32-17)15-7-8-16-11-23(33-25(35)19(16)10-15)18-5-3-4-6-21(18)27(28,29)30/h3-8,10-11,14,17,20,22H,9,12-13,31H2,1-2H3,(H,32,34)(H,33,35)/t17?,20-,22+/m1/s1. The van der Waals surface area contributed by atoms with Gasteiger partial charge in [0.05, 0.1) is 17.5 Å². The van der Waals surface area contributed by atoms with Crippen LogP contribution in [0, 0.1) is 5.92 Å². The summed E-state index contributed by atoms with van der Waals surface area (Å²) >= 11 is 0. The number of pyridine rings is 1. The van der Waals surface area contributed by atoms with E-state index in [9.17, 15) is 27.6 Å². The molecule has 1 amide bonds. The number of carbonyl (C=O) groups is 2. The molecular formula is C27H28F3N3O4. The number of rotatable bonds is 7. The minimum atomic E-state index is -4.58. The van der Waals surface area contributed by atoms with Crippen LogP contribution < -0.4 is 16.6 Å². The molecule has 2 heterocycles. The zero-order chi connectivity index (χ0) is 26.9. The third-order valence-electron chi connectivity index (χ3n) is 6.43. The van der Waals surface area contributed by atoms with Gasteiger partial charge in [-0.1, -0.05) is 44.2 Å². The van der Waals surface area contributed by atoms with E-state index < -0.39 is 41.3 Å². The summed E-state index contributed by atoms with van der Waals surface area (Å²) in [4.78, 5) is 40.1. The highest BCUT2D eigenvalue weighted by atomic mass is 19.4. The monoisotopic (exact) mass is 515 g/mol. The summed E-state index contributed by atoms with van der Waals surface area (Å²) in [5.74, 6) is -1.11. The van der Waals surface area contributed by atoms with Crippen molar-refractivity contribution in [3.05, 3.63) is 70.0 Å². The molecule has 1 saturated heterocycles. The van der Waals surface area contributed by atoms with Crippen molar-refractivity contribution in [2.45, 2.75) is 50.9 Å². The van der Waals surface area contributed by atoms with Gasteiger partial charge in [0.25, 0.3) is 5.56 Å². The molecule has 3 aromatic rings. The van der Waals surface area contributed by atoms with Crippen LogP contribution in [0.1, 0.15) is 43.7 Å². The number of halogens is 3. The van der Waals surface area contributed by atoms with Crippen molar-refractivity contribution in [3.63, 3.8) is 0 Å². The molecular weight excluding hydrogens is 487 g/mol. The molecule has 0 aliphatic carbocycles. The topological polar surface area (TPSA) is 114 Å². The van der Waals surface area contributed by atoms with Gasteiger partial charge in [-0.3, -0.25) is 14.4 Å². The number of ether oxygens (including phenoxy) is 1. The maximum Gasteiger partial charge on any atom is 0.417 e. The number of hydrogen-bond acceptors (Lipinski definition) is 5. The summed E-state index contributed by atoms with van der Waals surface area (Å²) < 4.78 is 45.7. The second kappa shape index (κ2) is 10.4. The molecule has 1 aliphatic rings. The van der Waals surface area contributed by atoms with Crippen molar-refractivity contribution in [2.24, 2.45) is 11.7 Å². The molecule has 7 nitrogen and oxygen atoms in total. The fourth-order valence-electron chi connectivity index (χ4n) is 4.65. The third-order valence-corrected chi connectivity index (χ3v) is 6.43. The van der Waals surface area contributed by atoms with Crippen LogP contribution in [-0.4, -0.2) is 35.6 Å². The predicted octanol–water partition coefficient (Wildman–Crippen LogP) is 4.10. The number of amides is 1. The smallest absolute Gasteiger partial charge is 0.417 e. The molecule has 37 heavy (non-hydrogen) atoms. The van der Waals surface area contributed by atoms with E-state index in [1.54, 1.807) is 18.2 Å². The lowest BCUT2D eigenvalue weighted by molar-refractivity contribution is -0.146. The molecule has 4 N–H and O–H groups in total. The Labute approximate surface area is 211 Å². The van der Waals surface area contributed by atoms with Gasteiger partial charge in [0.2, 0.25) is 5.91 Å². The number of benzene rings is 2. The molecule has 1 unspecified atom stereocenters. The van der Waals surface area contributed by atoms with E-state index in [0.717, 1.165) is 6.07 Å². The zero-order valence-electron chi connectivity index (χ0n) is 20.4. The second-order valence-corrected chi connectivity index (χ2v) is 9.76. The normalized spacial score (nSPS) is 18.7. The summed E-state index contributed by atoms with van der Waals surface area (Å²) in [5.41, 5.74) is 4.95. The van der Waals surface area contributed by atoms with E-state index in [4.69, 9.17) is 10.5 Å². The fourth-order valence-corrected chi connectivity index (χ4v) is 4.65. The van der Waals surface area contributed by atoms with E-state index >= 15 is 0 Å². The lowest BCUT2D eigenvalue weighted by Gasteiger charge is -2.16. The highest BCUT2D eigenvalue weighted by Gasteiger charge is 2.35. The average Bonchev–Trinajstić information content (AvgIpc) is 3.21.